The van der Waals surface area contributed by atoms with Crippen molar-refractivity contribution in [2.75, 3.05) is 0 Å². The van der Waals surface area contributed by atoms with Crippen molar-refractivity contribution in [3.05, 3.63) is 187 Å². The first-order valence-electron chi connectivity index (χ1n) is 27.7. The quantitative estimate of drug-likeness (QED) is 0.165. The predicted molar refractivity (Wildman–Crippen MR) is 310 cm³/mol. The molecule has 364 valence electrons. The SMILES string of the molecule is CC(C)(C)C1=CC2C=CC3=C4C5=C(CC3)c3cc6c(-c7cc(C(C)(C)C)cc(C(C)(C)C)c7)c7c(c(-c8cc(C(C)(C)C)cc(C(C)(C)C)c8)c6cc3C5=CC(=C1)C42)-c1cccc2c1=C7CC1CCC=CC=21. The molecule has 0 N–H and O–H groups in total. The largest absolute Gasteiger partial charge is 0.0842 e. The molecule has 0 aromatic heterocycles. The van der Waals surface area contributed by atoms with Crippen molar-refractivity contribution in [3.63, 3.8) is 0 Å². The molecule has 0 saturated carbocycles. The number of benzene rings is 5. The van der Waals surface area contributed by atoms with Crippen LogP contribution in [0.3, 0.4) is 0 Å². The van der Waals surface area contributed by atoms with Gasteiger partial charge in [-0.05, 0) is 227 Å². The summed E-state index contributed by atoms with van der Waals surface area (Å²) in [6, 6.07) is 28.3. The van der Waals surface area contributed by atoms with E-state index in [1.165, 1.54) is 117 Å². The second kappa shape index (κ2) is 15.0. The van der Waals surface area contributed by atoms with Gasteiger partial charge in [-0.15, -0.1) is 0 Å². The zero-order chi connectivity index (χ0) is 50.5. The first kappa shape index (κ1) is 46.1. The van der Waals surface area contributed by atoms with Gasteiger partial charge < -0.3 is 0 Å². The van der Waals surface area contributed by atoms with Gasteiger partial charge in [0.2, 0.25) is 0 Å². The van der Waals surface area contributed by atoms with Gasteiger partial charge in [0.15, 0.2) is 0 Å². The second-order valence-corrected chi connectivity index (χ2v) is 28.4. The minimum absolute atomic E-state index is 0.0268. The lowest BCUT2D eigenvalue weighted by atomic mass is 9.62. The third-order valence-electron chi connectivity index (χ3n) is 18.4. The van der Waals surface area contributed by atoms with Crippen LogP contribution in [0.15, 0.2) is 137 Å². The Bertz CT molecular complexity index is 3630. The third kappa shape index (κ3) is 6.75. The summed E-state index contributed by atoms with van der Waals surface area (Å²) >= 11 is 0. The molecule has 0 spiro atoms. The molecule has 5 aromatic rings. The molecule has 0 saturated heterocycles. The average Bonchev–Trinajstić information content (AvgIpc) is 3.80. The lowest BCUT2D eigenvalue weighted by Crippen LogP contribution is -2.35. The van der Waals surface area contributed by atoms with E-state index >= 15 is 0 Å². The molecule has 8 aliphatic rings. The molecule has 0 heterocycles. The van der Waals surface area contributed by atoms with Crippen LogP contribution >= 0.6 is 0 Å². The van der Waals surface area contributed by atoms with Crippen LogP contribution in [0.4, 0.5) is 0 Å². The third-order valence-corrected chi connectivity index (χ3v) is 18.4. The van der Waals surface area contributed by atoms with Gasteiger partial charge in [-0.2, -0.15) is 0 Å². The van der Waals surface area contributed by atoms with Gasteiger partial charge in [-0.1, -0.05) is 195 Å². The number of hydrogen-bond acceptors (Lipinski definition) is 0. The summed E-state index contributed by atoms with van der Waals surface area (Å²) in [7, 11) is 0. The highest BCUT2D eigenvalue weighted by Crippen LogP contribution is 2.62. The van der Waals surface area contributed by atoms with Gasteiger partial charge in [0.1, 0.15) is 0 Å². The van der Waals surface area contributed by atoms with Crippen LogP contribution in [-0.4, -0.2) is 0 Å². The monoisotopic (exact) mass is 941 g/mol. The van der Waals surface area contributed by atoms with Crippen molar-refractivity contribution < 1.29 is 0 Å². The fraction of sp³-hybridized carbons (Fsp3) is 0.389. The van der Waals surface area contributed by atoms with E-state index in [4.69, 9.17) is 0 Å². The Hall–Kier alpha value is -5.72. The van der Waals surface area contributed by atoms with E-state index in [0.29, 0.717) is 17.8 Å². The highest BCUT2D eigenvalue weighted by Gasteiger charge is 2.45. The smallest absolute Gasteiger partial charge is 0.0196 e. The molecule has 0 amide bonds. The van der Waals surface area contributed by atoms with E-state index < -0.39 is 0 Å². The summed E-state index contributed by atoms with van der Waals surface area (Å²) in [4.78, 5) is 0. The van der Waals surface area contributed by atoms with E-state index in [1.54, 1.807) is 33.4 Å². The Balaban J connectivity index is 1.23. The molecule has 8 aliphatic carbocycles. The first-order chi connectivity index (χ1) is 33.8. The number of rotatable bonds is 2. The molecule has 0 radical (unpaired) electrons. The molecule has 5 aromatic carbocycles. The van der Waals surface area contributed by atoms with Crippen molar-refractivity contribution in [2.24, 2.45) is 23.2 Å². The van der Waals surface area contributed by atoms with Gasteiger partial charge >= 0.3 is 0 Å². The number of fused-ring (bicyclic) bond motifs is 8. The van der Waals surface area contributed by atoms with E-state index in [2.05, 4.69) is 213 Å². The standard InChI is InChI=1S/C72H76/c1-68(2,3)45-27-41-24-23-39-25-26-52-54-37-57-58(38-55(54)56-34-44(32-45)60(41)63(39)65(52)56)61(42-28-46(69(4,5)6)35-47(29-42)70(7,8)9)66-53-22-18-21-51-50-20-17-16-19-40(50)33-59(64(51)53)67(66)62(57)43-30-48(71(10,11)12)36-49(31-43)72(13,14)15/h17-18,20-24,27-32,34-38,40-41,60H,16,19,25-26,33H2,1-15H3. The van der Waals surface area contributed by atoms with Gasteiger partial charge in [0, 0.05) is 11.8 Å². The maximum Gasteiger partial charge on any atom is 0.0196 e. The van der Waals surface area contributed by atoms with E-state index in [0.717, 1.165) is 25.7 Å². The summed E-state index contributed by atoms with van der Waals surface area (Å²) < 4.78 is 0. The highest BCUT2D eigenvalue weighted by atomic mass is 14.5. The molecule has 3 atom stereocenters. The second-order valence-electron chi connectivity index (χ2n) is 28.4. The van der Waals surface area contributed by atoms with Crippen LogP contribution in [0.25, 0.3) is 66.4 Å². The summed E-state index contributed by atoms with van der Waals surface area (Å²) in [5, 5.41) is 5.75. The maximum atomic E-state index is 2.75. The fourth-order valence-corrected chi connectivity index (χ4v) is 14.3. The Kier molecular flexibility index (Phi) is 9.58. The molecule has 0 aliphatic heterocycles. The zero-order valence-electron chi connectivity index (χ0n) is 46.2. The highest BCUT2D eigenvalue weighted by molar-refractivity contribution is 6.21. The lowest BCUT2D eigenvalue weighted by Gasteiger charge is -2.42. The van der Waals surface area contributed by atoms with Crippen LogP contribution in [0.5, 0.6) is 0 Å². The topological polar surface area (TPSA) is 0 Å². The van der Waals surface area contributed by atoms with Gasteiger partial charge in [0.05, 0.1) is 0 Å². The molecule has 13 rings (SSSR count). The Labute approximate surface area is 431 Å². The van der Waals surface area contributed by atoms with Crippen molar-refractivity contribution in [2.45, 2.75) is 158 Å². The van der Waals surface area contributed by atoms with Crippen molar-refractivity contribution in [1.82, 2.24) is 0 Å². The Morgan fingerprint density at radius 1 is 0.528 bits per heavy atom. The first-order valence-corrected chi connectivity index (χ1v) is 27.7. The zero-order valence-corrected chi connectivity index (χ0v) is 46.2. The van der Waals surface area contributed by atoms with Crippen LogP contribution in [-0.2, 0) is 21.7 Å². The van der Waals surface area contributed by atoms with Crippen LogP contribution in [0.1, 0.15) is 175 Å². The van der Waals surface area contributed by atoms with E-state index in [-0.39, 0.29) is 27.1 Å². The van der Waals surface area contributed by atoms with Crippen LogP contribution in [0, 0.1) is 23.2 Å². The average molecular weight is 941 g/mol. The van der Waals surface area contributed by atoms with Gasteiger partial charge in [0.25, 0.3) is 0 Å². The minimum Gasteiger partial charge on any atom is -0.0842 e. The maximum absolute atomic E-state index is 2.75. The minimum atomic E-state index is -0.0326. The fourth-order valence-electron chi connectivity index (χ4n) is 14.3. The Morgan fingerprint density at radius 2 is 1.12 bits per heavy atom. The molecule has 0 heteroatoms. The molecule has 0 fully saturated rings. The molecular weight excluding hydrogens is 865 g/mol. The summed E-state index contributed by atoms with van der Waals surface area (Å²) in [5.41, 5.74) is 32.3. The lowest BCUT2D eigenvalue weighted by molar-refractivity contribution is 0.490. The normalized spacial score (nSPS) is 21.7. The van der Waals surface area contributed by atoms with Crippen molar-refractivity contribution >= 4 is 33.1 Å². The number of allylic oxidation sites excluding steroid dienone is 14. The van der Waals surface area contributed by atoms with Crippen molar-refractivity contribution in [1.29, 1.82) is 0 Å². The molecule has 72 heavy (non-hydrogen) atoms. The van der Waals surface area contributed by atoms with E-state index in [1.807, 2.05) is 0 Å². The van der Waals surface area contributed by atoms with Crippen molar-refractivity contribution in [3.8, 4) is 33.4 Å². The van der Waals surface area contributed by atoms with Gasteiger partial charge in [-0.3, -0.25) is 0 Å². The molecule has 0 nitrogen and oxygen atoms in total. The molecule has 3 unspecified atom stereocenters. The summed E-state index contributed by atoms with van der Waals surface area (Å²) in [6.07, 6.45) is 23.4. The van der Waals surface area contributed by atoms with Crippen LogP contribution < -0.4 is 10.4 Å². The molecule has 0 bridgehead atoms. The Morgan fingerprint density at radius 3 is 1.72 bits per heavy atom. The number of hydrogen-bond donors (Lipinski definition) is 0. The molecular formula is C72H76. The summed E-state index contributed by atoms with van der Waals surface area (Å²) in [5.74, 6) is 1.29. The van der Waals surface area contributed by atoms with Crippen LogP contribution in [0.2, 0.25) is 0 Å². The van der Waals surface area contributed by atoms with Gasteiger partial charge in [-0.25, -0.2) is 0 Å². The summed E-state index contributed by atoms with van der Waals surface area (Å²) in [6.45, 7) is 36.0. The predicted octanol–water partition coefficient (Wildman–Crippen LogP) is 18.0. The van der Waals surface area contributed by atoms with E-state index in [9.17, 15) is 0 Å².